The van der Waals surface area contributed by atoms with Crippen LogP contribution in [0.3, 0.4) is 0 Å². The van der Waals surface area contributed by atoms with E-state index in [2.05, 4.69) is 281 Å². The molecule has 12 aromatic rings. The van der Waals surface area contributed by atoms with Gasteiger partial charge in [-0.15, -0.1) is 0 Å². The van der Waals surface area contributed by atoms with Gasteiger partial charge in [0.05, 0.1) is 0 Å². The zero-order valence-corrected chi connectivity index (χ0v) is 41.6. The summed E-state index contributed by atoms with van der Waals surface area (Å²) in [5.41, 5.74) is 23.8. The van der Waals surface area contributed by atoms with E-state index in [1.807, 2.05) is 0 Å². The molecule has 0 amide bonds. The summed E-state index contributed by atoms with van der Waals surface area (Å²) in [6.45, 7) is 9.50. The lowest BCUT2D eigenvalue weighted by Gasteiger charge is -2.30. The molecule has 0 saturated carbocycles. The summed E-state index contributed by atoms with van der Waals surface area (Å²) >= 11 is 0. The van der Waals surface area contributed by atoms with E-state index in [1.54, 1.807) is 0 Å². The fourth-order valence-corrected chi connectivity index (χ4v) is 12.8. The molecular weight excluding hydrogens is 879 g/mol. The molecule has 0 spiro atoms. The van der Waals surface area contributed by atoms with E-state index in [1.165, 1.54) is 121 Å². The lowest BCUT2D eigenvalue weighted by atomic mass is 9.82. The van der Waals surface area contributed by atoms with Crippen molar-refractivity contribution in [1.29, 1.82) is 0 Å². The number of anilines is 3. The highest BCUT2D eigenvalue weighted by molar-refractivity contribution is 6.22. The highest BCUT2D eigenvalue weighted by Gasteiger charge is 2.38. The lowest BCUT2D eigenvalue weighted by molar-refractivity contribution is 0.660. The molecule has 0 heterocycles. The number of rotatable bonds is 7. The Bertz CT molecular complexity index is 3970. The molecule has 14 rings (SSSR count). The SMILES string of the molecule is CC1(C)c2ccccc2-c2ccc(N(c3ccc4c(c3)C(C)(C)c3ccccc3-4)c3ccc4cc(-c5c6ccccc6c(-c6cc(-c7ccccc7)cc(-c7ccccc7)c6)c6ccccc56)ccc4c3)cc21. The normalized spacial score (nSPS) is 13.7. The largest absolute Gasteiger partial charge is 0.310 e. The molecule has 12 aromatic carbocycles. The first-order chi connectivity index (χ1) is 35.7. The van der Waals surface area contributed by atoms with Crippen molar-refractivity contribution in [2.24, 2.45) is 0 Å². The highest BCUT2D eigenvalue weighted by Crippen LogP contribution is 2.54. The minimum Gasteiger partial charge on any atom is -0.310 e. The van der Waals surface area contributed by atoms with E-state index < -0.39 is 0 Å². The second-order valence-electron chi connectivity index (χ2n) is 21.3. The highest BCUT2D eigenvalue weighted by atomic mass is 15.1. The molecule has 0 unspecified atom stereocenters. The monoisotopic (exact) mass is 931 g/mol. The molecule has 0 bridgehead atoms. The minimum atomic E-state index is -0.126. The zero-order valence-electron chi connectivity index (χ0n) is 41.6. The van der Waals surface area contributed by atoms with Crippen LogP contribution in [0.25, 0.3) is 99.1 Å². The number of benzene rings is 12. The van der Waals surface area contributed by atoms with Gasteiger partial charge in [0.1, 0.15) is 0 Å². The average molecular weight is 932 g/mol. The van der Waals surface area contributed by atoms with Gasteiger partial charge in [-0.3, -0.25) is 0 Å². The number of hydrogen-bond donors (Lipinski definition) is 0. The van der Waals surface area contributed by atoms with Gasteiger partial charge in [0.2, 0.25) is 0 Å². The van der Waals surface area contributed by atoms with Crippen molar-refractivity contribution in [2.45, 2.75) is 38.5 Å². The Morgan fingerprint density at radius 3 is 1.12 bits per heavy atom. The Morgan fingerprint density at radius 1 is 0.247 bits per heavy atom. The van der Waals surface area contributed by atoms with Crippen LogP contribution < -0.4 is 4.90 Å². The van der Waals surface area contributed by atoms with Crippen molar-refractivity contribution in [3.63, 3.8) is 0 Å². The van der Waals surface area contributed by atoms with Crippen LogP contribution in [0.2, 0.25) is 0 Å². The van der Waals surface area contributed by atoms with Crippen LogP contribution in [0.5, 0.6) is 0 Å². The Kier molecular flexibility index (Phi) is 9.66. The molecule has 73 heavy (non-hydrogen) atoms. The van der Waals surface area contributed by atoms with Gasteiger partial charge in [-0.25, -0.2) is 0 Å². The molecule has 0 atom stereocenters. The van der Waals surface area contributed by atoms with Gasteiger partial charge in [-0.1, -0.05) is 216 Å². The predicted molar refractivity (Wildman–Crippen MR) is 311 cm³/mol. The van der Waals surface area contributed by atoms with Crippen LogP contribution in [0, 0.1) is 0 Å². The molecule has 1 nitrogen and oxygen atoms in total. The molecule has 2 aliphatic rings. The minimum absolute atomic E-state index is 0.126. The van der Waals surface area contributed by atoms with Crippen molar-refractivity contribution in [2.75, 3.05) is 4.90 Å². The molecule has 0 saturated heterocycles. The fourth-order valence-electron chi connectivity index (χ4n) is 12.8. The van der Waals surface area contributed by atoms with E-state index in [9.17, 15) is 0 Å². The summed E-state index contributed by atoms with van der Waals surface area (Å²) < 4.78 is 0. The molecule has 0 aromatic heterocycles. The molecule has 2 aliphatic carbocycles. The lowest BCUT2D eigenvalue weighted by Crippen LogP contribution is -2.18. The van der Waals surface area contributed by atoms with Crippen LogP contribution in [0.1, 0.15) is 49.9 Å². The van der Waals surface area contributed by atoms with Crippen LogP contribution in [0.4, 0.5) is 17.1 Å². The maximum Gasteiger partial charge on any atom is 0.0468 e. The number of fused-ring (bicyclic) bond motifs is 9. The second-order valence-corrected chi connectivity index (χ2v) is 21.3. The second kappa shape index (κ2) is 16.4. The summed E-state index contributed by atoms with van der Waals surface area (Å²) in [5.74, 6) is 0. The van der Waals surface area contributed by atoms with Gasteiger partial charge in [-0.2, -0.15) is 0 Å². The Hall–Kier alpha value is -8.78. The standard InChI is InChI=1S/C72H53N/c1-71(2)65-29-17-15-23-57(65)59-37-35-55(44-67(59)71)73(56-36-38-60-58-24-16-18-30-66(58)72(3,4)68(60)45-56)54-34-33-48-39-50(32-31-49(48)43-54)69-61-25-11-13-27-63(61)70(64-28-14-12-26-62(64)69)53-41-51(46-19-7-5-8-20-46)40-52(42-53)47-21-9-6-10-22-47/h5-45H,1-4H3. The van der Waals surface area contributed by atoms with Gasteiger partial charge in [0, 0.05) is 27.9 Å². The molecule has 0 fully saturated rings. The van der Waals surface area contributed by atoms with Crippen molar-refractivity contribution in [1.82, 2.24) is 0 Å². The first kappa shape index (κ1) is 43.0. The molecular formula is C72H53N. The van der Waals surface area contributed by atoms with Gasteiger partial charge in [0.25, 0.3) is 0 Å². The quantitative estimate of drug-likeness (QED) is 0.144. The summed E-state index contributed by atoms with van der Waals surface area (Å²) in [6, 6.07) is 93.0. The summed E-state index contributed by atoms with van der Waals surface area (Å²) in [5, 5.41) is 7.38. The van der Waals surface area contributed by atoms with E-state index in [-0.39, 0.29) is 10.8 Å². The maximum atomic E-state index is 2.49. The smallest absolute Gasteiger partial charge is 0.0468 e. The molecule has 1 heteroatoms. The summed E-state index contributed by atoms with van der Waals surface area (Å²) in [6.07, 6.45) is 0. The molecule has 0 aliphatic heterocycles. The Morgan fingerprint density at radius 2 is 0.616 bits per heavy atom. The first-order valence-electron chi connectivity index (χ1n) is 25.7. The van der Waals surface area contributed by atoms with Gasteiger partial charge in [-0.05, 0) is 182 Å². The molecule has 0 radical (unpaired) electrons. The Balaban J connectivity index is 0.921. The number of hydrogen-bond acceptors (Lipinski definition) is 1. The topological polar surface area (TPSA) is 3.24 Å². The van der Waals surface area contributed by atoms with Gasteiger partial charge < -0.3 is 4.90 Å². The van der Waals surface area contributed by atoms with Crippen LogP contribution in [-0.2, 0) is 10.8 Å². The van der Waals surface area contributed by atoms with Crippen molar-refractivity contribution in [3.05, 3.63) is 271 Å². The third kappa shape index (κ3) is 6.76. The van der Waals surface area contributed by atoms with Crippen molar-refractivity contribution < 1.29 is 0 Å². The average Bonchev–Trinajstić information content (AvgIpc) is 3.81. The van der Waals surface area contributed by atoms with E-state index in [0.29, 0.717) is 0 Å². The van der Waals surface area contributed by atoms with Crippen LogP contribution in [0.15, 0.2) is 249 Å². The predicted octanol–water partition coefficient (Wildman–Crippen LogP) is 19.9. The summed E-state index contributed by atoms with van der Waals surface area (Å²) in [4.78, 5) is 2.49. The van der Waals surface area contributed by atoms with Gasteiger partial charge in [0.15, 0.2) is 0 Å². The maximum absolute atomic E-state index is 2.49. The third-order valence-electron chi connectivity index (χ3n) is 16.4. The van der Waals surface area contributed by atoms with Crippen molar-refractivity contribution >= 4 is 49.4 Å². The van der Waals surface area contributed by atoms with Crippen molar-refractivity contribution in [3.8, 4) is 66.8 Å². The van der Waals surface area contributed by atoms with E-state index in [4.69, 9.17) is 0 Å². The zero-order chi connectivity index (χ0) is 49.0. The fraction of sp³-hybridized carbons (Fsp3) is 0.0833. The molecule has 346 valence electrons. The first-order valence-corrected chi connectivity index (χ1v) is 25.7. The van der Waals surface area contributed by atoms with E-state index in [0.717, 1.165) is 17.1 Å². The number of nitrogens with zero attached hydrogens (tertiary/aromatic N) is 1. The summed E-state index contributed by atoms with van der Waals surface area (Å²) in [7, 11) is 0. The van der Waals surface area contributed by atoms with Crippen LogP contribution >= 0.6 is 0 Å². The Labute approximate surface area is 428 Å². The van der Waals surface area contributed by atoms with Crippen LogP contribution in [-0.4, -0.2) is 0 Å². The third-order valence-corrected chi connectivity index (χ3v) is 16.4. The van der Waals surface area contributed by atoms with E-state index >= 15 is 0 Å². The van der Waals surface area contributed by atoms with Gasteiger partial charge >= 0.3 is 0 Å². The molecule has 0 N–H and O–H groups in total.